The van der Waals surface area contributed by atoms with Gasteiger partial charge < -0.3 is 5.11 Å². The first-order valence-electron chi connectivity index (χ1n) is 7.48. The van der Waals surface area contributed by atoms with E-state index in [1.165, 1.54) is 18.9 Å². The van der Waals surface area contributed by atoms with Gasteiger partial charge in [-0.05, 0) is 58.8 Å². The van der Waals surface area contributed by atoms with Gasteiger partial charge in [-0.1, -0.05) is 18.9 Å². The molecule has 1 saturated carbocycles. The quantitative estimate of drug-likeness (QED) is 0.896. The first-order chi connectivity index (χ1) is 10.1. The number of rotatable bonds is 3. The van der Waals surface area contributed by atoms with Crippen molar-refractivity contribution in [2.24, 2.45) is 5.92 Å². The fourth-order valence-corrected chi connectivity index (χ4v) is 4.12. The number of likely N-dealkylation sites (tertiary alicyclic amines) is 1. The first-order valence-corrected chi connectivity index (χ1v) is 8.28. The van der Waals surface area contributed by atoms with Crippen molar-refractivity contribution in [3.63, 3.8) is 0 Å². The summed E-state index contributed by atoms with van der Waals surface area (Å²) in [4.78, 5) is 13.6. The number of nitrogens with zero attached hydrogens (tertiary/aromatic N) is 1. The predicted octanol–water partition coefficient (Wildman–Crippen LogP) is 3.81. The van der Waals surface area contributed by atoms with E-state index in [9.17, 15) is 14.3 Å². The van der Waals surface area contributed by atoms with E-state index in [0.29, 0.717) is 23.0 Å². The van der Waals surface area contributed by atoms with Gasteiger partial charge in [0.05, 0.1) is 4.47 Å². The lowest BCUT2D eigenvalue weighted by atomic mass is 9.84. The second kappa shape index (κ2) is 6.05. The van der Waals surface area contributed by atoms with Gasteiger partial charge in [0, 0.05) is 12.6 Å². The summed E-state index contributed by atoms with van der Waals surface area (Å²) in [6.45, 7) is 0.516. The zero-order chi connectivity index (χ0) is 15.0. The van der Waals surface area contributed by atoms with Crippen LogP contribution in [0.2, 0.25) is 0 Å². The number of carboxylic acid groups (broad SMARTS) is 1. The minimum Gasteiger partial charge on any atom is -0.480 e. The smallest absolute Gasteiger partial charge is 0.320 e. The second-order valence-electron chi connectivity index (χ2n) is 6.12. The maximum atomic E-state index is 13.7. The molecular weight excluding hydrogens is 337 g/mol. The van der Waals surface area contributed by atoms with E-state index in [2.05, 4.69) is 20.8 Å². The number of aliphatic carboxylic acids is 1. The van der Waals surface area contributed by atoms with Crippen LogP contribution in [0.25, 0.3) is 0 Å². The van der Waals surface area contributed by atoms with Crippen molar-refractivity contribution in [2.75, 3.05) is 0 Å². The number of fused-ring (bicyclic) bond motifs is 1. The van der Waals surface area contributed by atoms with Gasteiger partial charge in [-0.15, -0.1) is 0 Å². The average Bonchev–Trinajstić information content (AvgIpc) is 2.82. The fraction of sp³-hybridized carbons (Fsp3) is 0.562. The van der Waals surface area contributed by atoms with Gasteiger partial charge in [-0.25, -0.2) is 4.39 Å². The summed E-state index contributed by atoms with van der Waals surface area (Å²) in [6.07, 6.45) is 5.29. The van der Waals surface area contributed by atoms with Crippen LogP contribution in [-0.4, -0.2) is 28.1 Å². The monoisotopic (exact) mass is 355 g/mol. The molecule has 3 rings (SSSR count). The summed E-state index contributed by atoms with van der Waals surface area (Å²) >= 11 is 3.15. The normalized spacial score (nSPS) is 29.3. The molecule has 3 atom stereocenters. The van der Waals surface area contributed by atoms with Crippen LogP contribution in [0.1, 0.15) is 37.7 Å². The standard InChI is InChI=1S/C16H19BrFNO2/c17-12-6-5-10(7-13(12)18)9-19-14-4-2-1-3-11(14)8-15(19)16(20)21/h5-7,11,14-15H,1-4,8-9H2,(H,20,21)/t11-,14+,15+/m1/s1. The molecule has 5 heteroatoms. The summed E-state index contributed by atoms with van der Waals surface area (Å²) in [5.41, 5.74) is 0.841. The van der Waals surface area contributed by atoms with E-state index in [1.54, 1.807) is 6.07 Å². The Morgan fingerprint density at radius 3 is 2.86 bits per heavy atom. The highest BCUT2D eigenvalue weighted by Gasteiger charge is 2.44. The molecule has 0 unspecified atom stereocenters. The molecule has 1 aliphatic carbocycles. The van der Waals surface area contributed by atoms with E-state index in [4.69, 9.17) is 0 Å². The summed E-state index contributed by atoms with van der Waals surface area (Å²) in [5.74, 6) is -0.555. The molecule has 2 aliphatic rings. The van der Waals surface area contributed by atoms with Crippen molar-refractivity contribution in [3.8, 4) is 0 Å². The Hall–Kier alpha value is -0.940. The largest absolute Gasteiger partial charge is 0.480 e. The first kappa shape index (κ1) is 15.0. The van der Waals surface area contributed by atoms with Crippen molar-refractivity contribution in [3.05, 3.63) is 34.1 Å². The molecule has 114 valence electrons. The van der Waals surface area contributed by atoms with Crippen molar-refractivity contribution < 1.29 is 14.3 Å². The van der Waals surface area contributed by atoms with E-state index < -0.39 is 12.0 Å². The molecule has 3 nitrogen and oxygen atoms in total. The highest BCUT2D eigenvalue weighted by atomic mass is 79.9. The maximum absolute atomic E-state index is 13.7. The van der Waals surface area contributed by atoms with Crippen LogP contribution in [0, 0.1) is 11.7 Å². The van der Waals surface area contributed by atoms with Gasteiger partial charge in [0.15, 0.2) is 0 Å². The molecule has 0 radical (unpaired) electrons. The molecule has 1 aliphatic heterocycles. The van der Waals surface area contributed by atoms with Crippen molar-refractivity contribution in [1.29, 1.82) is 0 Å². The Balaban J connectivity index is 1.82. The minimum atomic E-state index is -0.748. The third-order valence-corrected chi connectivity index (χ3v) is 5.50. The number of halogens is 2. The third-order valence-electron chi connectivity index (χ3n) is 4.86. The van der Waals surface area contributed by atoms with Crippen molar-refractivity contribution >= 4 is 21.9 Å². The summed E-state index contributed by atoms with van der Waals surface area (Å²) in [5, 5.41) is 9.48. The molecule has 0 aromatic heterocycles. The maximum Gasteiger partial charge on any atom is 0.320 e. The van der Waals surface area contributed by atoms with Crippen LogP contribution >= 0.6 is 15.9 Å². The Bertz CT molecular complexity index is 551. The number of carboxylic acids is 1. The van der Waals surface area contributed by atoms with E-state index in [0.717, 1.165) is 24.8 Å². The SMILES string of the molecule is O=C(O)[C@@H]1C[C@H]2CCCC[C@@H]2N1Cc1ccc(Br)c(F)c1. The van der Waals surface area contributed by atoms with Crippen LogP contribution in [0.15, 0.2) is 22.7 Å². The van der Waals surface area contributed by atoms with Crippen molar-refractivity contribution in [2.45, 2.75) is 50.7 Å². The van der Waals surface area contributed by atoms with Crippen LogP contribution in [0.5, 0.6) is 0 Å². The zero-order valence-electron chi connectivity index (χ0n) is 11.8. The number of benzene rings is 1. The van der Waals surface area contributed by atoms with Gasteiger partial charge in [-0.2, -0.15) is 0 Å². The molecule has 0 amide bonds. The number of hydrogen-bond acceptors (Lipinski definition) is 2. The van der Waals surface area contributed by atoms with Crippen LogP contribution in [0.3, 0.4) is 0 Å². The highest BCUT2D eigenvalue weighted by Crippen LogP contribution is 2.40. The molecule has 2 fully saturated rings. The van der Waals surface area contributed by atoms with Crippen molar-refractivity contribution in [1.82, 2.24) is 4.90 Å². The topological polar surface area (TPSA) is 40.5 Å². The Morgan fingerprint density at radius 1 is 1.38 bits per heavy atom. The van der Waals surface area contributed by atoms with Gasteiger partial charge >= 0.3 is 5.97 Å². The minimum absolute atomic E-state index is 0.293. The second-order valence-corrected chi connectivity index (χ2v) is 6.98. The number of hydrogen-bond donors (Lipinski definition) is 1. The predicted molar refractivity (Wildman–Crippen MR) is 81.4 cm³/mol. The molecule has 1 aromatic carbocycles. The lowest BCUT2D eigenvalue weighted by molar-refractivity contribution is -0.142. The molecular formula is C16H19BrFNO2. The van der Waals surface area contributed by atoms with E-state index in [1.807, 2.05) is 6.07 Å². The van der Waals surface area contributed by atoms with Crippen LogP contribution in [0.4, 0.5) is 4.39 Å². The zero-order valence-corrected chi connectivity index (χ0v) is 13.4. The average molecular weight is 356 g/mol. The van der Waals surface area contributed by atoms with Crippen LogP contribution in [-0.2, 0) is 11.3 Å². The molecule has 1 heterocycles. The molecule has 1 aromatic rings. The van der Waals surface area contributed by atoms with Crippen LogP contribution < -0.4 is 0 Å². The summed E-state index contributed by atoms with van der Waals surface area (Å²) in [6, 6.07) is 4.97. The Morgan fingerprint density at radius 2 is 2.14 bits per heavy atom. The summed E-state index contributed by atoms with van der Waals surface area (Å²) in [7, 11) is 0. The molecule has 1 saturated heterocycles. The molecule has 0 spiro atoms. The fourth-order valence-electron chi connectivity index (χ4n) is 3.87. The third kappa shape index (κ3) is 2.99. The Kier molecular flexibility index (Phi) is 4.31. The molecule has 1 N–H and O–H groups in total. The van der Waals surface area contributed by atoms with Gasteiger partial charge in [0.2, 0.25) is 0 Å². The lowest BCUT2D eigenvalue weighted by Crippen LogP contribution is -2.41. The summed E-state index contributed by atoms with van der Waals surface area (Å²) < 4.78 is 14.1. The molecule has 0 bridgehead atoms. The van der Waals surface area contributed by atoms with Gasteiger partial charge in [-0.3, -0.25) is 9.69 Å². The van der Waals surface area contributed by atoms with Gasteiger partial charge in [0.25, 0.3) is 0 Å². The Labute approximate surface area is 132 Å². The highest BCUT2D eigenvalue weighted by molar-refractivity contribution is 9.10. The molecule has 21 heavy (non-hydrogen) atoms. The number of carbonyl (C=O) groups is 1. The van der Waals surface area contributed by atoms with E-state index in [-0.39, 0.29) is 5.82 Å². The lowest BCUT2D eigenvalue weighted by Gasteiger charge is -2.33. The van der Waals surface area contributed by atoms with Gasteiger partial charge in [0.1, 0.15) is 11.9 Å². The van der Waals surface area contributed by atoms with E-state index >= 15 is 0 Å².